The number of likely N-dealkylation sites (tertiary alicyclic amines) is 1. The number of hydrogen-bond donors (Lipinski definition) is 0. The molecule has 0 radical (unpaired) electrons. The van der Waals surface area contributed by atoms with E-state index in [9.17, 15) is 4.79 Å². The van der Waals surface area contributed by atoms with Gasteiger partial charge in [-0.2, -0.15) is 0 Å². The van der Waals surface area contributed by atoms with Crippen molar-refractivity contribution >= 4 is 5.91 Å². The van der Waals surface area contributed by atoms with Gasteiger partial charge in [0.1, 0.15) is 5.82 Å². The molecule has 0 N–H and O–H groups in total. The van der Waals surface area contributed by atoms with Gasteiger partial charge in [0.25, 0.3) is 0 Å². The summed E-state index contributed by atoms with van der Waals surface area (Å²) in [5.41, 5.74) is -0.413. The molecule has 1 saturated heterocycles. The van der Waals surface area contributed by atoms with Crippen LogP contribution in [0.15, 0.2) is 12.4 Å². The molecular weight excluding hydrogens is 194 g/mol. The molecule has 0 unspecified atom stereocenters. The van der Waals surface area contributed by atoms with E-state index >= 15 is 0 Å². The molecule has 0 aromatic carbocycles. The number of hydrogen-bond acceptors (Lipinski definition) is 3. The summed E-state index contributed by atoms with van der Waals surface area (Å²) in [6.45, 7) is 2.74. The fourth-order valence-corrected chi connectivity index (χ4v) is 1.96. The number of carbonyl (C=O) groups is 1. The molecule has 2 heterocycles. The van der Waals surface area contributed by atoms with Crippen LogP contribution in [0.4, 0.5) is 0 Å². The fraction of sp³-hybridized carbons (Fsp3) is 0.600. The van der Waals surface area contributed by atoms with E-state index in [0.29, 0.717) is 13.1 Å². The topological polar surface area (TPSA) is 47.4 Å². The Kier molecular flexibility index (Phi) is 2.26. The molecule has 2 rings (SSSR count). The third-order valence-corrected chi connectivity index (χ3v) is 2.96. The number of amides is 1. The van der Waals surface area contributed by atoms with Crippen LogP contribution in [-0.4, -0.2) is 40.6 Å². The number of aromatic nitrogens is 2. The molecular formula is C10H15N3O2. The van der Waals surface area contributed by atoms with Crippen LogP contribution >= 0.6 is 0 Å². The van der Waals surface area contributed by atoms with Gasteiger partial charge in [0.05, 0.1) is 13.1 Å². The van der Waals surface area contributed by atoms with Crippen LogP contribution in [0, 0.1) is 0 Å². The summed E-state index contributed by atoms with van der Waals surface area (Å²) >= 11 is 0. The highest BCUT2D eigenvalue weighted by molar-refractivity contribution is 5.74. The van der Waals surface area contributed by atoms with Crippen LogP contribution in [0.5, 0.6) is 0 Å². The van der Waals surface area contributed by atoms with Gasteiger partial charge in [-0.25, -0.2) is 4.98 Å². The van der Waals surface area contributed by atoms with E-state index in [-0.39, 0.29) is 5.91 Å². The summed E-state index contributed by atoms with van der Waals surface area (Å²) in [6, 6.07) is 0. The molecule has 0 atom stereocenters. The number of imidazole rings is 1. The minimum atomic E-state index is -0.413. The largest absolute Gasteiger partial charge is 0.367 e. The van der Waals surface area contributed by atoms with Gasteiger partial charge in [0, 0.05) is 33.5 Å². The van der Waals surface area contributed by atoms with Crippen LogP contribution in [0.2, 0.25) is 0 Å². The summed E-state index contributed by atoms with van der Waals surface area (Å²) in [4.78, 5) is 17.2. The van der Waals surface area contributed by atoms with Gasteiger partial charge < -0.3 is 14.2 Å². The molecule has 1 aromatic rings. The second-order valence-electron chi connectivity index (χ2n) is 3.94. The summed E-state index contributed by atoms with van der Waals surface area (Å²) < 4.78 is 7.43. The van der Waals surface area contributed by atoms with Crippen molar-refractivity contribution in [1.82, 2.24) is 14.5 Å². The average molecular weight is 209 g/mol. The highest BCUT2D eigenvalue weighted by Gasteiger charge is 2.48. The van der Waals surface area contributed by atoms with E-state index < -0.39 is 5.60 Å². The second kappa shape index (κ2) is 3.34. The predicted molar refractivity (Wildman–Crippen MR) is 54.1 cm³/mol. The fourth-order valence-electron chi connectivity index (χ4n) is 1.96. The molecule has 1 aliphatic rings. The van der Waals surface area contributed by atoms with Gasteiger partial charge in [-0.1, -0.05) is 0 Å². The molecule has 82 valence electrons. The van der Waals surface area contributed by atoms with Crippen molar-refractivity contribution in [3.8, 4) is 0 Å². The number of aryl methyl sites for hydroxylation is 1. The van der Waals surface area contributed by atoms with Gasteiger partial charge in [0.2, 0.25) is 5.91 Å². The molecule has 0 spiro atoms. The zero-order valence-electron chi connectivity index (χ0n) is 9.23. The Balaban J connectivity index is 2.21. The lowest BCUT2D eigenvalue weighted by Gasteiger charge is -2.47. The normalized spacial score (nSPS) is 18.7. The van der Waals surface area contributed by atoms with Crippen molar-refractivity contribution in [3.05, 3.63) is 18.2 Å². The first kappa shape index (κ1) is 10.2. The van der Waals surface area contributed by atoms with Crippen molar-refractivity contribution in [1.29, 1.82) is 0 Å². The summed E-state index contributed by atoms with van der Waals surface area (Å²) in [6.07, 6.45) is 3.62. The lowest BCUT2D eigenvalue weighted by Crippen LogP contribution is -2.62. The molecule has 1 fully saturated rings. The quantitative estimate of drug-likeness (QED) is 0.695. The molecule has 1 aromatic heterocycles. The Morgan fingerprint density at radius 1 is 1.60 bits per heavy atom. The van der Waals surface area contributed by atoms with E-state index in [1.807, 2.05) is 17.8 Å². The third-order valence-electron chi connectivity index (χ3n) is 2.96. The molecule has 0 saturated carbocycles. The molecule has 5 heteroatoms. The van der Waals surface area contributed by atoms with Crippen LogP contribution in [0.3, 0.4) is 0 Å². The van der Waals surface area contributed by atoms with Crippen LogP contribution < -0.4 is 0 Å². The molecule has 0 aliphatic carbocycles. The van der Waals surface area contributed by atoms with Crippen molar-refractivity contribution in [3.63, 3.8) is 0 Å². The maximum Gasteiger partial charge on any atom is 0.219 e. The Morgan fingerprint density at radius 2 is 2.27 bits per heavy atom. The third kappa shape index (κ3) is 1.43. The minimum Gasteiger partial charge on any atom is -0.367 e. The first-order valence-electron chi connectivity index (χ1n) is 4.87. The highest BCUT2D eigenvalue weighted by Crippen LogP contribution is 2.33. The molecule has 1 amide bonds. The van der Waals surface area contributed by atoms with Gasteiger partial charge in [-0.3, -0.25) is 4.79 Å². The van der Waals surface area contributed by atoms with Crippen LogP contribution in [0.1, 0.15) is 12.7 Å². The van der Waals surface area contributed by atoms with E-state index in [4.69, 9.17) is 4.74 Å². The summed E-state index contributed by atoms with van der Waals surface area (Å²) in [5, 5.41) is 0. The predicted octanol–water partition coefficient (Wildman–Crippen LogP) is 0.124. The number of nitrogens with zero attached hydrogens (tertiary/aromatic N) is 3. The van der Waals surface area contributed by atoms with Gasteiger partial charge >= 0.3 is 0 Å². The lowest BCUT2D eigenvalue weighted by atomic mass is 9.92. The van der Waals surface area contributed by atoms with Crippen molar-refractivity contribution in [2.75, 3.05) is 20.2 Å². The Morgan fingerprint density at radius 3 is 2.67 bits per heavy atom. The zero-order valence-corrected chi connectivity index (χ0v) is 9.23. The number of methoxy groups -OCH3 is 1. The smallest absolute Gasteiger partial charge is 0.219 e. The Bertz CT molecular complexity index is 380. The van der Waals surface area contributed by atoms with Crippen molar-refractivity contribution < 1.29 is 9.53 Å². The van der Waals surface area contributed by atoms with E-state index in [2.05, 4.69) is 4.98 Å². The maximum atomic E-state index is 11.1. The average Bonchev–Trinajstić information content (AvgIpc) is 2.51. The molecule has 5 nitrogen and oxygen atoms in total. The van der Waals surface area contributed by atoms with Crippen molar-refractivity contribution in [2.24, 2.45) is 7.05 Å². The molecule has 0 bridgehead atoms. The zero-order chi connectivity index (χ0) is 11.1. The van der Waals surface area contributed by atoms with E-state index in [1.54, 1.807) is 25.1 Å². The Labute approximate surface area is 88.7 Å². The van der Waals surface area contributed by atoms with Gasteiger partial charge in [0.15, 0.2) is 5.60 Å². The first-order chi connectivity index (χ1) is 7.09. The number of rotatable bonds is 2. The molecule has 15 heavy (non-hydrogen) atoms. The number of carbonyl (C=O) groups excluding carboxylic acids is 1. The second-order valence-corrected chi connectivity index (χ2v) is 3.94. The summed E-state index contributed by atoms with van der Waals surface area (Å²) in [5.74, 6) is 0.958. The maximum absolute atomic E-state index is 11.1. The van der Waals surface area contributed by atoms with Gasteiger partial charge in [-0.05, 0) is 0 Å². The van der Waals surface area contributed by atoms with Gasteiger partial charge in [-0.15, -0.1) is 0 Å². The summed E-state index contributed by atoms with van der Waals surface area (Å²) in [7, 11) is 3.59. The minimum absolute atomic E-state index is 0.0804. The van der Waals surface area contributed by atoms with Crippen LogP contribution in [0.25, 0.3) is 0 Å². The first-order valence-corrected chi connectivity index (χ1v) is 4.87. The standard InChI is InChI=1S/C10H15N3O2/c1-8(14)13-6-10(7-13,15-3)9-11-4-5-12(9)2/h4-5H,6-7H2,1-3H3. The number of ether oxygens (including phenoxy) is 1. The van der Waals surface area contributed by atoms with Crippen molar-refractivity contribution in [2.45, 2.75) is 12.5 Å². The SMILES string of the molecule is COC1(c2nccn2C)CN(C(C)=O)C1. The Hall–Kier alpha value is -1.36. The molecule has 1 aliphatic heterocycles. The van der Waals surface area contributed by atoms with Crippen LogP contribution in [-0.2, 0) is 22.2 Å². The van der Waals surface area contributed by atoms with E-state index in [1.165, 1.54) is 0 Å². The monoisotopic (exact) mass is 209 g/mol. The van der Waals surface area contributed by atoms with E-state index in [0.717, 1.165) is 5.82 Å². The lowest BCUT2D eigenvalue weighted by molar-refractivity contribution is -0.165. The highest BCUT2D eigenvalue weighted by atomic mass is 16.5.